The monoisotopic (exact) mass is 309 g/mol. The number of likely N-dealkylation sites (tertiary alicyclic amines) is 1. The lowest BCUT2D eigenvalue weighted by Gasteiger charge is -2.43. The first-order valence-corrected chi connectivity index (χ1v) is 7.42. The third kappa shape index (κ3) is 2.26. The molecule has 1 amide bonds. The number of rotatable bonds is 3. The molecule has 1 aliphatic carbocycles. The molecule has 1 heterocycles. The second-order valence-corrected chi connectivity index (χ2v) is 6.13. The maximum atomic E-state index is 14.1. The molecule has 1 aliphatic heterocycles. The molecule has 118 valence electrons. The van der Waals surface area contributed by atoms with Gasteiger partial charge in [-0.3, -0.25) is 9.59 Å². The molecular weight excluding hydrogens is 292 g/mol. The van der Waals surface area contributed by atoms with Crippen molar-refractivity contribution in [2.24, 2.45) is 5.92 Å². The van der Waals surface area contributed by atoms with Gasteiger partial charge in [0.05, 0.1) is 11.3 Å². The van der Waals surface area contributed by atoms with E-state index in [1.54, 1.807) is 0 Å². The van der Waals surface area contributed by atoms with Gasteiger partial charge >= 0.3 is 5.97 Å². The molecule has 1 aromatic carbocycles. The van der Waals surface area contributed by atoms with E-state index in [0.29, 0.717) is 25.8 Å². The van der Waals surface area contributed by atoms with Gasteiger partial charge in [-0.05, 0) is 25.3 Å². The fourth-order valence-electron chi connectivity index (χ4n) is 3.46. The van der Waals surface area contributed by atoms with Crippen LogP contribution in [0.3, 0.4) is 0 Å². The molecule has 0 spiro atoms. The van der Waals surface area contributed by atoms with E-state index in [0.717, 1.165) is 18.6 Å². The summed E-state index contributed by atoms with van der Waals surface area (Å²) >= 11 is 0. The van der Waals surface area contributed by atoms with Crippen molar-refractivity contribution in [2.45, 2.75) is 31.1 Å². The van der Waals surface area contributed by atoms with E-state index in [2.05, 4.69) is 0 Å². The SMILES string of the molecule is O=C(O)C1CCN(C(=O)C2(c3ccc(F)cc3F)CCC2)C1. The van der Waals surface area contributed by atoms with E-state index in [1.807, 2.05) is 0 Å². The molecule has 0 bridgehead atoms. The van der Waals surface area contributed by atoms with Crippen LogP contribution in [0.5, 0.6) is 0 Å². The summed E-state index contributed by atoms with van der Waals surface area (Å²) in [6.07, 6.45) is 2.26. The molecule has 1 unspecified atom stereocenters. The van der Waals surface area contributed by atoms with Crippen LogP contribution in [0.2, 0.25) is 0 Å². The Labute approximate surface area is 126 Å². The molecule has 0 radical (unpaired) electrons. The lowest BCUT2D eigenvalue weighted by Crippen LogP contribution is -2.51. The Bertz CT molecular complexity index is 628. The Morgan fingerprint density at radius 1 is 1.27 bits per heavy atom. The molecular formula is C16H17F2NO3. The van der Waals surface area contributed by atoms with Gasteiger partial charge in [-0.25, -0.2) is 8.78 Å². The summed E-state index contributed by atoms with van der Waals surface area (Å²) in [6, 6.07) is 3.30. The zero-order valence-electron chi connectivity index (χ0n) is 12.0. The van der Waals surface area contributed by atoms with Crippen LogP contribution in [0, 0.1) is 17.6 Å². The fourth-order valence-corrected chi connectivity index (χ4v) is 3.46. The van der Waals surface area contributed by atoms with E-state index in [4.69, 9.17) is 5.11 Å². The first kappa shape index (κ1) is 14.9. The van der Waals surface area contributed by atoms with Crippen molar-refractivity contribution in [1.82, 2.24) is 4.90 Å². The van der Waals surface area contributed by atoms with Gasteiger partial charge in [-0.1, -0.05) is 12.5 Å². The first-order valence-electron chi connectivity index (χ1n) is 7.42. The number of amides is 1. The number of carbonyl (C=O) groups excluding carboxylic acids is 1. The topological polar surface area (TPSA) is 57.6 Å². The Balaban J connectivity index is 1.87. The van der Waals surface area contributed by atoms with E-state index in [-0.39, 0.29) is 18.0 Å². The Hall–Kier alpha value is -1.98. The summed E-state index contributed by atoms with van der Waals surface area (Å²) < 4.78 is 27.2. The zero-order chi connectivity index (χ0) is 15.9. The summed E-state index contributed by atoms with van der Waals surface area (Å²) in [6.45, 7) is 0.541. The molecule has 1 N–H and O–H groups in total. The average molecular weight is 309 g/mol. The Morgan fingerprint density at radius 2 is 2.00 bits per heavy atom. The summed E-state index contributed by atoms with van der Waals surface area (Å²) in [5.74, 6) is -3.07. The largest absolute Gasteiger partial charge is 0.481 e. The third-order valence-electron chi connectivity index (χ3n) is 4.89. The zero-order valence-corrected chi connectivity index (χ0v) is 12.0. The van der Waals surface area contributed by atoms with E-state index in [1.165, 1.54) is 11.0 Å². The Morgan fingerprint density at radius 3 is 2.50 bits per heavy atom. The number of aliphatic carboxylic acids is 1. The fraction of sp³-hybridized carbons (Fsp3) is 0.500. The van der Waals surface area contributed by atoms with Gasteiger partial charge in [0.15, 0.2) is 0 Å². The highest BCUT2D eigenvalue weighted by molar-refractivity contribution is 5.90. The second kappa shape index (κ2) is 5.34. The minimum atomic E-state index is -0.953. The number of carbonyl (C=O) groups is 2. The predicted octanol–water partition coefficient (Wildman–Crippen LogP) is 2.32. The summed E-state index contributed by atoms with van der Waals surface area (Å²) in [4.78, 5) is 25.4. The van der Waals surface area contributed by atoms with E-state index >= 15 is 0 Å². The van der Waals surface area contributed by atoms with Gasteiger partial charge < -0.3 is 10.0 Å². The van der Waals surface area contributed by atoms with Crippen LogP contribution in [-0.2, 0) is 15.0 Å². The maximum absolute atomic E-state index is 14.1. The summed E-state index contributed by atoms with van der Waals surface area (Å²) in [7, 11) is 0. The lowest BCUT2D eigenvalue weighted by atomic mass is 9.63. The molecule has 1 atom stereocenters. The van der Waals surface area contributed by atoms with Crippen molar-refractivity contribution in [1.29, 1.82) is 0 Å². The van der Waals surface area contributed by atoms with Crippen LogP contribution >= 0.6 is 0 Å². The smallest absolute Gasteiger partial charge is 0.308 e. The van der Waals surface area contributed by atoms with Crippen LogP contribution in [0.25, 0.3) is 0 Å². The summed E-state index contributed by atoms with van der Waals surface area (Å²) in [5, 5.41) is 9.04. The number of hydrogen-bond donors (Lipinski definition) is 1. The normalized spacial score (nSPS) is 23.2. The molecule has 6 heteroatoms. The highest BCUT2D eigenvalue weighted by Gasteiger charge is 2.50. The van der Waals surface area contributed by atoms with Crippen molar-refractivity contribution >= 4 is 11.9 Å². The lowest BCUT2D eigenvalue weighted by molar-refractivity contribution is -0.142. The number of nitrogens with zero attached hydrogens (tertiary/aromatic N) is 1. The minimum Gasteiger partial charge on any atom is -0.481 e. The van der Waals surface area contributed by atoms with Gasteiger partial charge in [0, 0.05) is 24.7 Å². The maximum Gasteiger partial charge on any atom is 0.308 e. The predicted molar refractivity (Wildman–Crippen MR) is 74.2 cm³/mol. The molecule has 2 fully saturated rings. The van der Waals surface area contributed by atoms with Crippen LogP contribution in [-0.4, -0.2) is 35.0 Å². The third-order valence-corrected chi connectivity index (χ3v) is 4.89. The quantitative estimate of drug-likeness (QED) is 0.932. The molecule has 22 heavy (non-hydrogen) atoms. The highest BCUT2D eigenvalue weighted by atomic mass is 19.1. The number of hydrogen-bond acceptors (Lipinski definition) is 2. The van der Waals surface area contributed by atoms with E-state index in [9.17, 15) is 18.4 Å². The molecule has 2 aliphatic rings. The molecule has 1 aromatic rings. The van der Waals surface area contributed by atoms with Gasteiger partial charge in [-0.2, -0.15) is 0 Å². The van der Waals surface area contributed by atoms with Crippen molar-refractivity contribution in [3.05, 3.63) is 35.4 Å². The van der Waals surface area contributed by atoms with Crippen LogP contribution in [0.1, 0.15) is 31.2 Å². The molecule has 1 saturated carbocycles. The van der Waals surface area contributed by atoms with Crippen LogP contribution in [0.4, 0.5) is 8.78 Å². The molecule has 4 nitrogen and oxygen atoms in total. The summed E-state index contributed by atoms with van der Waals surface area (Å²) in [5.41, 5.74) is -0.727. The highest BCUT2D eigenvalue weighted by Crippen LogP contribution is 2.46. The van der Waals surface area contributed by atoms with Gasteiger partial charge in [0.2, 0.25) is 5.91 Å². The van der Waals surface area contributed by atoms with Crippen molar-refractivity contribution in [2.75, 3.05) is 13.1 Å². The number of benzene rings is 1. The van der Waals surface area contributed by atoms with Gasteiger partial charge in [-0.15, -0.1) is 0 Å². The molecule has 3 rings (SSSR count). The number of carboxylic acid groups (broad SMARTS) is 1. The van der Waals surface area contributed by atoms with Crippen molar-refractivity contribution in [3.63, 3.8) is 0 Å². The standard InChI is InChI=1S/C16H17F2NO3/c17-11-2-3-12(13(18)8-11)16(5-1-6-16)15(22)19-7-4-10(9-19)14(20)21/h2-3,8,10H,1,4-7,9H2,(H,20,21). The van der Waals surface area contributed by atoms with E-state index < -0.39 is 28.9 Å². The Kier molecular flexibility index (Phi) is 3.62. The first-order chi connectivity index (χ1) is 10.4. The molecule has 1 saturated heterocycles. The second-order valence-electron chi connectivity index (χ2n) is 6.13. The number of halogens is 2. The van der Waals surface area contributed by atoms with Crippen molar-refractivity contribution < 1.29 is 23.5 Å². The average Bonchev–Trinajstić information content (AvgIpc) is 2.89. The van der Waals surface area contributed by atoms with Gasteiger partial charge in [0.25, 0.3) is 0 Å². The van der Waals surface area contributed by atoms with Crippen LogP contribution < -0.4 is 0 Å². The van der Waals surface area contributed by atoms with Gasteiger partial charge in [0.1, 0.15) is 11.6 Å². The minimum absolute atomic E-state index is 0.165. The van der Waals surface area contributed by atoms with Crippen molar-refractivity contribution in [3.8, 4) is 0 Å². The molecule has 0 aromatic heterocycles. The van der Waals surface area contributed by atoms with Crippen LogP contribution in [0.15, 0.2) is 18.2 Å². The number of carboxylic acids is 1.